The van der Waals surface area contributed by atoms with Gasteiger partial charge in [-0.1, -0.05) is 12.1 Å². The van der Waals surface area contributed by atoms with Gasteiger partial charge in [0.15, 0.2) is 0 Å². The normalized spacial score (nSPS) is 15.1. The fourth-order valence-electron chi connectivity index (χ4n) is 2.01. The predicted octanol–water partition coefficient (Wildman–Crippen LogP) is 3.00. The molecule has 0 unspecified atom stereocenters. The standard InChI is InChI=1S/C13H15N3/c1-14-11-6-4-10(5-7-11)13-12(9-2-3-9)15-8-16-13/h4-9,14H,2-3H2,1H3,(H,15,16). The SMILES string of the molecule is CNc1ccc(-c2nc[nH]c2C2CC2)cc1. The highest BCUT2D eigenvalue weighted by Crippen LogP contribution is 2.42. The summed E-state index contributed by atoms with van der Waals surface area (Å²) in [5.74, 6) is 0.710. The van der Waals surface area contributed by atoms with Crippen molar-refractivity contribution in [2.75, 3.05) is 12.4 Å². The molecule has 0 amide bonds. The summed E-state index contributed by atoms with van der Waals surface area (Å²) in [4.78, 5) is 7.70. The van der Waals surface area contributed by atoms with E-state index in [4.69, 9.17) is 0 Å². The number of benzene rings is 1. The van der Waals surface area contributed by atoms with E-state index in [0.717, 1.165) is 11.4 Å². The Balaban J connectivity index is 1.97. The second-order valence-electron chi connectivity index (χ2n) is 4.27. The number of rotatable bonds is 3. The van der Waals surface area contributed by atoms with Gasteiger partial charge in [0.05, 0.1) is 12.0 Å². The van der Waals surface area contributed by atoms with E-state index in [1.165, 1.54) is 24.1 Å². The van der Waals surface area contributed by atoms with Crippen molar-refractivity contribution >= 4 is 5.69 Å². The first-order valence-corrected chi connectivity index (χ1v) is 5.70. The van der Waals surface area contributed by atoms with Crippen molar-refractivity contribution in [1.29, 1.82) is 0 Å². The monoisotopic (exact) mass is 213 g/mol. The molecular weight excluding hydrogens is 198 g/mol. The molecule has 0 saturated heterocycles. The van der Waals surface area contributed by atoms with Crippen molar-refractivity contribution in [3.05, 3.63) is 36.3 Å². The summed E-state index contributed by atoms with van der Waals surface area (Å²) in [6.45, 7) is 0. The highest BCUT2D eigenvalue weighted by atomic mass is 14.9. The summed E-state index contributed by atoms with van der Waals surface area (Å²) in [6.07, 6.45) is 4.39. The number of aromatic nitrogens is 2. The molecule has 3 heteroatoms. The zero-order valence-corrected chi connectivity index (χ0v) is 9.33. The van der Waals surface area contributed by atoms with Gasteiger partial charge in [-0.3, -0.25) is 0 Å². The zero-order valence-electron chi connectivity index (χ0n) is 9.33. The first-order valence-electron chi connectivity index (χ1n) is 5.70. The first-order chi connectivity index (χ1) is 7.88. The van der Waals surface area contributed by atoms with E-state index in [0.29, 0.717) is 5.92 Å². The second kappa shape index (κ2) is 3.67. The van der Waals surface area contributed by atoms with Gasteiger partial charge in [0.25, 0.3) is 0 Å². The summed E-state index contributed by atoms with van der Waals surface area (Å²) < 4.78 is 0. The molecule has 1 heterocycles. The van der Waals surface area contributed by atoms with Crippen molar-refractivity contribution in [3.63, 3.8) is 0 Å². The minimum Gasteiger partial charge on any atom is -0.388 e. The molecule has 1 aliphatic rings. The molecule has 82 valence electrons. The number of aromatic amines is 1. The number of nitrogens with zero attached hydrogens (tertiary/aromatic N) is 1. The Kier molecular flexibility index (Phi) is 2.17. The molecule has 0 bridgehead atoms. The molecule has 1 aromatic carbocycles. The lowest BCUT2D eigenvalue weighted by Crippen LogP contribution is -1.89. The number of nitrogens with one attached hydrogen (secondary N) is 2. The molecule has 2 aromatic rings. The van der Waals surface area contributed by atoms with Crippen LogP contribution in [0.3, 0.4) is 0 Å². The molecule has 3 rings (SSSR count). The van der Waals surface area contributed by atoms with Crippen LogP contribution in [0.25, 0.3) is 11.3 Å². The van der Waals surface area contributed by atoms with Crippen molar-refractivity contribution < 1.29 is 0 Å². The molecule has 1 saturated carbocycles. The van der Waals surface area contributed by atoms with Crippen LogP contribution >= 0.6 is 0 Å². The third kappa shape index (κ3) is 1.58. The van der Waals surface area contributed by atoms with E-state index in [9.17, 15) is 0 Å². The first kappa shape index (κ1) is 9.46. The van der Waals surface area contributed by atoms with Gasteiger partial charge < -0.3 is 10.3 Å². The number of hydrogen-bond acceptors (Lipinski definition) is 2. The second-order valence-corrected chi connectivity index (χ2v) is 4.27. The van der Waals surface area contributed by atoms with Gasteiger partial charge in [0.2, 0.25) is 0 Å². The van der Waals surface area contributed by atoms with Crippen molar-refractivity contribution in [2.24, 2.45) is 0 Å². The Hall–Kier alpha value is -1.77. The van der Waals surface area contributed by atoms with E-state index in [-0.39, 0.29) is 0 Å². The van der Waals surface area contributed by atoms with Crippen LogP contribution in [0.5, 0.6) is 0 Å². The fourth-order valence-corrected chi connectivity index (χ4v) is 2.01. The maximum absolute atomic E-state index is 4.43. The smallest absolute Gasteiger partial charge is 0.0929 e. The minimum atomic E-state index is 0.710. The third-order valence-corrected chi connectivity index (χ3v) is 3.10. The molecule has 1 aromatic heterocycles. The van der Waals surface area contributed by atoms with Crippen LogP contribution in [0.2, 0.25) is 0 Å². The van der Waals surface area contributed by atoms with Crippen LogP contribution in [0, 0.1) is 0 Å². The highest BCUT2D eigenvalue weighted by molar-refractivity contribution is 5.65. The lowest BCUT2D eigenvalue weighted by Gasteiger charge is -2.03. The highest BCUT2D eigenvalue weighted by Gasteiger charge is 2.28. The maximum atomic E-state index is 4.43. The Labute approximate surface area is 94.9 Å². The Morgan fingerprint density at radius 1 is 1.25 bits per heavy atom. The van der Waals surface area contributed by atoms with Crippen LogP contribution in [-0.2, 0) is 0 Å². The number of H-pyrrole nitrogens is 1. The van der Waals surface area contributed by atoms with Crippen LogP contribution in [0.15, 0.2) is 30.6 Å². The van der Waals surface area contributed by atoms with Crippen molar-refractivity contribution in [1.82, 2.24) is 9.97 Å². The van der Waals surface area contributed by atoms with Gasteiger partial charge in [0.1, 0.15) is 0 Å². The summed E-state index contributed by atoms with van der Waals surface area (Å²) in [5, 5.41) is 3.12. The van der Waals surface area contributed by atoms with Crippen LogP contribution in [0.4, 0.5) is 5.69 Å². The Morgan fingerprint density at radius 2 is 2.00 bits per heavy atom. The largest absolute Gasteiger partial charge is 0.388 e. The average molecular weight is 213 g/mol. The molecule has 0 aliphatic heterocycles. The summed E-state index contributed by atoms with van der Waals surface area (Å²) >= 11 is 0. The summed E-state index contributed by atoms with van der Waals surface area (Å²) in [5.41, 5.74) is 4.75. The summed E-state index contributed by atoms with van der Waals surface area (Å²) in [7, 11) is 1.93. The maximum Gasteiger partial charge on any atom is 0.0929 e. The van der Waals surface area contributed by atoms with Crippen molar-refractivity contribution in [3.8, 4) is 11.3 Å². The zero-order chi connectivity index (χ0) is 11.0. The third-order valence-electron chi connectivity index (χ3n) is 3.10. The van der Waals surface area contributed by atoms with Gasteiger partial charge in [-0.25, -0.2) is 4.98 Å². The molecular formula is C13H15N3. The van der Waals surface area contributed by atoms with Gasteiger partial charge in [-0.15, -0.1) is 0 Å². The molecule has 0 spiro atoms. The average Bonchev–Trinajstić information content (AvgIpc) is 3.07. The minimum absolute atomic E-state index is 0.710. The van der Waals surface area contributed by atoms with Crippen LogP contribution in [0.1, 0.15) is 24.5 Å². The van der Waals surface area contributed by atoms with E-state index in [1.807, 2.05) is 7.05 Å². The number of anilines is 1. The Bertz CT molecular complexity index is 480. The molecule has 3 nitrogen and oxygen atoms in total. The van der Waals surface area contributed by atoms with E-state index >= 15 is 0 Å². The molecule has 16 heavy (non-hydrogen) atoms. The van der Waals surface area contributed by atoms with Gasteiger partial charge in [0, 0.05) is 29.9 Å². The lowest BCUT2D eigenvalue weighted by molar-refractivity contribution is 1.05. The molecule has 1 aliphatic carbocycles. The summed E-state index contributed by atoms with van der Waals surface area (Å²) in [6, 6.07) is 8.41. The van der Waals surface area contributed by atoms with Gasteiger partial charge in [-0.05, 0) is 25.0 Å². The molecule has 2 N–H and O–H groups in total. The van der Waals surface area contributed by atoms with E-state index in [1.54, 1.807) is 6.33 Å². The van der Waals surface area contributed by atoms with Crippen LogP contribution in [-0.4, -0.2) is 17.0 Å². The van der Waals surface area contributed by atoms with Gasteiger partial charge >= 0.3 is 0 Å². The molecule has 1 fully saturated rings. The molecule has 0 atom stereocenters. The van der Waals surface area contributed by atoms with E-state index in [2.05, 4.69) is 39.6 Å². The fraction of sp³-hybridized carbons (Fsp3) is 0.308. The lowest BCUT2D eigenvalue weighted by atomic mass is 10.1. The van der Waals surface area contributed by atoms with Crippen molar-refractivity contribution in [2.45, 2.75) is 18.8 Å². The quantitative estimate of drug-likeness (QED) is 0.822. The number of imidazole rings is 1. The Morgan fingerprint density at radius 3 is 2.62 bits per heavy atom. The molecule has 0 radical (unpaired) electrons. The topological polar surface area (TPSA) is 40.7 Å². The predicted molar refractivity (Wildman–Crippen MR) is 65.5 cm³/mol. The van der Waals surface area contributed by atoms with E-state index < -0.39 is 0 Å². The number of hydrogen-bond donors (Lipinski definition) is 2. The van der Waals surface area contributed by atoms with Gasteiger partial charge in [-0.2, -0.15) is 0 Å². The van der Waals surface area contributed by atoms with Crippen LogP contribution < -0.4 is 5.32 Å².